The van der Waals surface area contributed by atoms with E-state index in [4.69, 9.17) is 18.9 Å². The molecule has 1 saturated carbocycles. The second-order valence-corrected chi connectivity index (χ2v) is 8.82. The fraction of sp³-hybridized carbons (Fsp3) is 0.276. The fourth-order valence-corrected chi connectivity index (χ4v) is 4.47. The van der Waals surface area contributed by atoms with Crippen LogP contribution in [0.5, 0.6) is 23.0 Å². The Morgan fingerprint density at radius 2 is 1.42 bits per heavy atom. The molecule has 1 aromatic heterocycles. The lowest BCUT2D eigenvalue weighted by Gasteiger charge is -2.27. The van der Waals surface area contributed by atoms with Crippen LogP contribution in [-0.4, -0.2) is 56.1 Å². The van der Waals surface area contributed by atoms with E-state index in [-0.39, 0.29) is 24.2 Å². The number of H-pyrrole nitrogens is 1. The normalized spacial score (nSPS) is 17.4. The lowest BCUT2D eigenvalue weighted by molar-refractivity contribution is -0.121. The second-order valence-electron chi connectivity index (χ2n) is 8.82. The molecule has 1 amide bonds. The molecule has 0 unspecified atom stereocenters. The van der Waals surface area contributed by atoms with Gasteiger partial charge >= 0.3 is 0 Å². The topological polar surface area (TPSA) is 112 Å². The third-order valence-corrected chi connectivity index (χ3v) is 6.28. The molecule has 38 heavy (non-hydrogen) atoms. The maximum atomic E-state index is 13.6. The minimum Gasteiger partial charge on any atom is -0.493 e. The summed E-state index contributed by atoms with van der Waals surface area (Å²) in [6.45, 7) is 0. The van der Waals surface area contributed by atoms with Crippen LogP contribution in [0.4, 0.5) is 0 Å². The maximum Gasteiger partial charge on any atom is 0.226 e. The molecule has 0 aliphatic heterocycles. The van der Waals surface area contributed by atoms with E-state index < -0.39 is 0 Å². The number of methoxy groups -OCH3 is 4. The molecule has 4 rings (SSSR count). The highest BCUT2D eigenvalue weighted by atomic mass is 16.5. The summed E-state index contributed by atoms with van der Waals surface area (Å²) in [5, 5.41) is 3.08. The van der Waals surface area contributed by atoms with Gasteiger partial charge in [0.15, 0.2) is 28.8 Å². The molecule has 0 saturated heterocycles. The van der Waals surface area contributed by atoms with Gasteiger partial charge in [0, 0.05) is 29.1 Å². The molecular formula is C29H31N3O6. The van der Waals surface area contributed by atoms with Crippen molar-refractivity contribution in [2.45, 2.75) is 25.3 Å². The first-order valence-corrected chi connectivity index (χ1v) is 12.1. The van der Waals surface area contributed by atoms with Crippen LogP contribution < -0.4 is 24.3 Å². The number of nitrogens with zero attached hydrogens (tertiary/aromatic N) is 1. The van der Waals surface area contributed by atoms with Crippen molar-refractivity contribution in [3.05, 3.63) is 76.9 Å². The average molecular weight is 518 g/mol. The highest BCUT2D eigenvalue weighted by Crippen LogP contribution is 2.33. The third kappa shape index (κ3) is 6.23. The standard InChI is InChI=1S/C29H31N3O6/c1-35-24-7-5-18(11-26(24)37-3)9-20-13-22(32-28(33)15-23-16-30-17-31-23)14-21(29(20)34)10-19-6-8-25(36-2)27(12-19)38-4/h5-12,16-17,22H,13-15H2,1-4H3,(H,30,31)(H,32,33)/b20-9+,21-10+. The number of ketones is 1. The van der Waals surface area contributed by atoms with Crippen molar-refractivity contribution in [2.24, 2.45) is 0 Å². The lowest BCUT2D eigenvalue weighted by atomic mass is 9.83. The Kier molecular flexibility index (Phi) is 8.47. The summed E-state index contributed by atoms with van der Waals surface area (Å²) < 4.78 is 21.5. The van der Waals surface area contributed by atoms with Crippen molar-refractivity contribution in [2.75, 3.05) is 28.4 Å². The van der Waals surface area contributed by atoms with Gasteiger partial charge in [-0.3, -0.25) is 9.59 Å². The Morgan fingerprint density at radius 3 is 1.87 bits per heavy atom. The lowest BCUT2D eigenvalue weighted by Crippen LogP contribution is -2.40. The molecule has 3 aromatic rings. The van der Waals surface area contributed by atoms with Crippen LogP contribution in [0.2, 0.25) is 0 Å². The van der Waals surface area contributed by atoms with E-state index in [1.165, 1.54) is 6.33 Å². The molecule has 2 aromatic carbocycles. The molecule has 0 atom stereocenters. The molecule has 9 nitrogen and oxygen atoms in total. The maximum absolute atomic E-state index is 13.6. The van der Waals surface area contributed by atoms with E-state index in [1.807, 2.05) is 36.4 Å². The molecule has 0 spiro atoms. The van der Waals surface area contributed by atoms with Crippen LogP contribution in [-0.2, 0) is 16.0 Å². The quantitative estimate of drug-likeness (QED) is 0.413. The van der Waals surface area contributed by atoms with Crippen molar-refractivity contribution < 1.29 is 28.5 Å². The largest absolute Gasteiger partial charge is 0.493 e. The molecule has 0 radical (unpaired) electrons. The van der Waals surface area contributed by atoms with Crippen molar-refractivity contribution in [3.8, 4) is 23.0 Å². The van der Waals surface area contributed by atoms with Gasteiger partial charge in [-0.1, -0.05) is 12.1 Å². The van der Waals surface area contributed by atoms with Crippen molar-refractivity contribution >= 4 is 23.8 Å². The zero-order valence-electron chi connectivity index (χ0n) is 21.9. The number of hydrogen-bond donors (Lipinski definition) is 2. The minimum atomic E-state index is -0.263. The number of aromatic amines is 1. The molecule has 198 valence electrons. The summed E-state index contributed by atoms with van der Waals surface area (Å²) >= 11 is 0. The van der Waals surface area contributed by atoms with Crippen LogP contribution >= 0.6 is 0 Å². The summed E-state index contributed by atoms with van der Waals surface area (Å²) in [6, 6.07) is 10.7. The van der Waals surface area contributed by atoms with Gasteiger partial charge in [0.05, 0.1) is 41.2 Å². The Balaban J connectivity index is 1.66. The average Bonchev–Trinajstić information content (AvgIpc) is 3.43. The van der Waals surface area contributed by atoms with Gasteiger partial charge in [0.25, 0.3) is 0 Å². The highest BCUT2D eigenvalue weighted by Gasteiger charge is 2.29. The predicted molar refractivity (Wildman–Crippen MR) is 144 cm³/mol. The number of benzene rings is 2. The molecule has 1 aliphatic rings. The zero-order valence-corrected chi connectivity index (χ0v) is 21.9. The van der Waals surface area contributed by atoms with Crippen molar-refractivity contribution in [1.29, 1.82) is 0 Å². The molecule has 9 heteroatoms. The predicted octanol–water partition coefficient (Wildman–Crippen LogP) is 4.00. The van der Waals surface area contributed by atoms with Gasteiger partial charge in [-0.2, -0.15) is 0 Å². The van der Waals surface area contributed by atoms with Crippen LogP contribution in [0.15, 0.2) is 60.1 Å². The Labute approximate surface area is 221 Å². The number of Topliss-reactive ketones (excluding diaryl/α,β-unsaturated/α-hetero) is 1. The first-order chi connectivity index (χ1) is 18.4. The molecule has 1 heterocycles. The van der Waals surface area contributed by atoms with Gasteiger partial charge < -0.3 is 29.2 Å². The second kappa shape index (κ2) is 12.1. The number of carbonyl (C=O) groups excluding carboxylic acids is 2. The number of nitrogens with one attached hydrogen (secondary N) is 2. The summed E-state index contributed by atoms with van der Waals surface area (Å²) in [6.07, 6.45) is 7.79. The molecule has 0 bridgehead atoms. The van der Waals surface area contributed by atoms with Gasteiger partial charge in [-0.05, 0) is 60.4 Å². The van der Waals surface area contributed by atoms with Gasteiger partial charge in [-0.25, -0.2) is 4.98 Å². The summed E-state index contributed by atoms with van der Waals surface area (Å²) in [5.74, 6) is 2.11. The summed E-state index contributed by atoms with van der Waals surface area (Å²) in [7, 11) is 6.27. The van der Waals surface area contributed by atoms with E-state index >= 15 is 0 Å². The van der Waals surface area contributed by atoms with E-state index in [0.717, 1.165) is 16.8 Å². The van der Waals surface area contributed by atoms with E-state index in [1.54, 1.807) is 46.8 Å². The molecule has 1 aliphatic carbocycles. The Hall–Kier alpha value is -4.53. The third-order valence-electron chi connectivity index (χ3n) is 6.28. The molecular weight excluding hydrogens is 486 g/mol. The van der Waals surface area contributed by atoms with Crippen molar-refractivity contribution in [1.82, 2.24) is 15.3 Å². The number of amides is 1. The zero-order chi connectivity index (χ0) is 27.1. The van der Waals surface area contributed by atoms with Gasteiger partial charge in [-0.15, -0.1) is 0 Å². The number of imidazole rings is 1. The van der Waals surface area contributed by atoms with Crippen LogP contribution in [0.1, 0.15) is 29.7 Å². The first kappa shape index (κ1) is 26.5. The first-order valence-electron chi connectivity index (χ1n) is 12.1. The van der Waals surface area contributed by atoms with E-state index in [2.05, 4.69) is 15.3 Å². The fourth-order valence-electron chi connectivity index (χ4n) is 4.47. The van der Waals surface area contributed by atoms with Crippen LogP contribution in [0.3, 0.4) is 0 Å². The number of hydrogen-bond acceptors (Lipinski definition) is 7. The monoisotopic (exact) mass is 517 g/mol. The summed E-state index contributed by atoms with van der Waals surface area (Å²) in [4.78, 5) is 33.3. The number of ether oxygens (including phenoxy) is 4. The Morgan fingerprint density at radius 1 is 0.895 bits per heavy atom. The highest BCUT2D eigenvalue weighted by molar-refractivity contribution is 6.14. The smallest absolute Gasteiger partial charge is 0.226 e. The molecule has 1 fully saturated rings. The molecule has 2 N–H and O–H groups in total. The van der Waals surface area contributed by atoms with Crippen LogP contribution in [0, 0.1) is 0 Å². The summed E-state index contributed by atoms with van der Waals surface area (Å²) in [5.41, 5.74) is 3.47. The number of aromatic nitrogens is 2. The van der Waals surface area contributed by atoms with Crippen molar-refractivity contribution in [3.63, 3.8) is 0 Å². The Bertz CT molecular complexity index is 1280. The number of rotatable bonds is 9. The minimum absolute atomic E-state index is 0.0753. The van der Waals surface area contributed by atoms with Crippen LogP contribution in [0.25, 0.3) is 12.2 Å². The van der Waals surface area contributed by atoms with E-state index in [0.29, 0.717) is 47.0 Å². The van der Waals surface area contributed by atoms with Gasteiger partial charge in [0.2, 0.25) is 5.91 Å². The SMILES string of the molecule is COc1ccc(/C=C2\CC(NC(=O)Cc3cnc[nH]3)C/C(=C\c3ccc(OC)c(OC)c3)C2=O)cc1OC. The van der Waals surface area contributed by atoms with Gasteiger partial charge in [0.1, 0.15) is 0 Å². The van der Waals surface area contributed by atoms with E-state index in [9.17, 15) is 9.59 Å². The number of carbonyl (C=O) groups is 2.